The van der Waals surface area contributed by atoms with Crippen LogP contribution in [0.2, 0.25) is 0 Å². The second-order valence-electron chi connectivity index (χ2n) is 6.88. The highest BCUT2D eigenvalue weighted by atomic mass is 32.2. The Labute approximate surface area is 170 Å². The second-order valence-corrected chi connectivity index (χ2v) is 8.19. The maximum atomic E-state index is 12.8. The molecule has 6 heteroatoms. The molecule has 2 unspecified atom stereocenters. The van der Waals surface area contributed by atoms with E-state index in [1.807, 2.05) is 67.1 Å². The van der Waals surface area contributed by atoms with E-state index in [9.17, 15) is 4.79 Å². The lowest BCUT2D eigenvalue weighted by Gasteiger charge is -2.17. The number of anilines is 1. The summed E-state index contributed by atoms with van der Waals surface area (Å²) < 4.78 is 1.93. The van der Waals surface area contributed by atoms with E-state index in [4.69, 9.17) is 0 Å². The van der Waals surface area contributed by atoms with Crippen molar-refractivity contribution in [2.75, 3.05) is 5.32 Å². The monoisotopic (exact) mass is 394 g/mol. The number of nitrogens with one attached hydrogen (secondary N) is 1. The van der Waals surface area contributed by atoms with Crippen LogP contribution in [0.1, 0.15) is 38.7 Å². The Morgan fingerprint density at radius 1 is 1.07 bits per heavy atom. The fraction of sp³-hybridized carbons (Fsp3) is 0.318. The van der Waals surface area contributed by atoms with Gasteiger partial charge in [-0.25, -0.2) is 0 Å². The summed E-state index contributed by atoms with van der Waals surface area (Å²) in [7, 11) is 1.92. The molecular formula is C22H26N4OS. The van der Waals surface area contributed by atoms with E-state index in [0.717, 1.165) is 28.7 Å². The van der Waals surface area contributed by atoms with E-state index >= 15 is 0 Å². The Hall–Kier alpha value is -2.60. The molecule has 0 spiro atoms. The van der Waals surface area contributed by atoms with Crippen LogP contribution >= 0.6 is 11.8 Å². The Kier molecular flexibility index (Phi) is 6.52. The first kappa shape index (κ1) is 20.1. The predicted octanol–water partition coefficient (Wildman–Crippen LogP) is 5.11. The third kappa shape index (κ3) is 4.44. The summed E-state index contributed by atoms with van der Waals surface area (Å²) in [6.07, 6.45) is 1.03. The zero-order chi connectivity index (χ0) is 20.1. The summed E-state index contributed by atoms with van der Waals surface area (Å²) >= 11 is 1.41. The van der Waals surface area contributed by atoms with Crippen LogP contribution in [-0.2, 0) is 11.8 Å². The van der Waals surface area contributed by atoms with Crippen molar-refractivity contribution in [1.82, 2.24) is 14.8 Å². The Bertz CT molecular complexity index is 939. The van der Waals surface area contributed by atoms with E-state index in [0.29, 0.717) is 5.92 Å². The first-order valence-corrected chi connectivity index (χ1v) is 10.4. The molecule has 3 rings (SSSR count). The minimum Gasteiger partial charge on any atom is -0.325 e. The minimum absolute atomic E-state index is 0.0370. The van der Waals surface area contributed by atoms with Crippen molar-refractivity contribution in [1.29, 1.82) is 0 Å². The Balaban J connectivity index is 1.72. The molecule has 2 atom stereocenters. The summed E-state index contributed by atoms with van der Waals surface area (Å²) in [4.78, 5) is 12.8. The van der Waals surface area contributed by atoms with Crippen molar-refractivity contribution < 1.29 is 4.79 Å². The summed E-state index contributed by atoms with van der Waals surface area (Å²) in [6.45, 7) is 6.22. The molecule has 0 aliphatic rings. The number of hydrogen-bond acceptors (Lipinski definition) is 4. The van der Waals surface area contributed by atoms with Gasteiger partial charge in [0.25, 0.3) is 0 Å². The number of amides is 1. The van der Waals surface area contributed by atoms with E-state index < -0.39 is 0 Å². The van der Waals surface area contributed by atoms with Gasteiger partial charge in [-0.1, -0.05) is 74.1 Å². The van der Waals surface area contributed by atoms with Gasteiger partial charge in [0.2, 0.25) is 5.91 Å². The molecule has 0 radical (unpaired) electrons. The average molecular weight is 395 g/mol. The molecule has 1 aromatic heterocycles. The fourth-order valence-electron chi connectivity index (χ4n) is 2.96. The van der Waals surface area contributed by atoms with Crippen LogP contribution in [0.25, 0.3) is 11.4 Å². The molecule has 146 valence electrons. The number of nitrogens with zero attached hydrogens (tertiary/aromatic N) is 3. The number of benzene rings is 2. The first-order valence-electron chi connectivity index (χ1n) is 9.52. The van der Waals surface area contributed by atoms with Crippen molar-refractivity contribution in [3.63, 3.8) is 0 Å². The molecule has 0 saturated carbocycles. The Morgan fingerprint density at radius 2 is 1.75 bits per heavy atom. The topological polar surface area (TPSA) is 59.8 Å². The summed E-state index contributed by atoms with van der Waals surface area (Å²) in [5.74, 6) is 1.15. The minimum atomic E-state index is -0.295. The van der Waals surface area contributed by atoms with Gasteiger partial charge in [-0.05, 0) is 30.9 Å². The number of para-hydroxylation sites is 1. The highest BCUT2D eigenvalue weighted by molar-refractivity contribution is 8.00. The lowest BCUT2D eigenvalue weighted by Crippen LogP contribution is -2.23. The van der Waals surface area contributed by atoms with Crippen molar-refractivity contribution in [3.8, 4) is 11.4 Å². The van der Waals surface area contributed by atoms with Gasteiger partial charge in [-0.15, -0.1) is 10.2 Å². The van der Waals surface area contributed by atoms with E-state index in [2.05, 4.69) is 35.4 Å². The van der Waals surface area contributed by atoms with Gasteiger partial charge in [-0.3, -0.25) is 4.79 Å². The van der Waals surface area contributed by atoms with E-state index in [1.165, 1.54) is 17.3 Å². The molecule has 0 saturated heterocycles. The van der Waals surface area contributed by atoms with Crippen LogP contribution in [0.5, 0.6) is 0 Å². The number of hydrogen-bond donors (Lipinski definition) is 1. The molecule has 3 aromatic rings. The molecule has 0 fully saturated rings. The molecule has 2 aromatic carbocycles. The zero-order valence-corrected chi connectivity index (χ0v) is 17.5. The predicted molar refractivity (Wildman–Crippen MR) is 116 cm³/mol. The normalized spacial score (nSPS) is 13.1. The average Bonchev–Trinajstić information content (AvgIpc) is 3.08. The third-order valence-corrected chi connectivity index (χ3v) is 6.01. The standard InChI is InChI=1S/C22H26N4OS/c1-5-15(2)18-13-9-10-14-19(18)23-21(27)16(3)28-22-25-24-20(26(22)4)17-11-7-6-8-12-17/h6-16H,5H2,1-4H3,(H,23,27). The maximum absolute atomic E-state index is 12.8. The van der Waals surface area contributed by atoms with Gasteiger partial charge in [0.1, 0.15) is 0 Å². The Morgan fingerprint density at radius 3 is 2.46 bits per heavy atom. The van der Waals surface area contributed by atoms with Gasteiger partial charge in [0.15, 0.2) is 11.0 Å². The number of carbonyl (C=O) groups excluding carboxylic acids is 1. The molecular weight excluding hydrogens is 368 g/mol. The molecule has 1 amide bonds. The molecule has 1 N–H and O–H groups in total. The van der Waals surface area contributed by atoms with Gasteiger partial charge in [-0.2, -0.15) is 0 Å². The zero-order valence-electron chi connectivity index (χ0n) is 16.7. The highest BCUT2D eigenvalue weighted by Gasteiger charge is 2.20. The fourth-order valence-corrected chi connectivity index (χ4v) is 3.78. The lowest BCUT2D eigenvalue weighted by atomic mass is 9.97. The van der Waals surface area contributed by atoms with Gasteiger partial charge >= 0.3 is 0 Å². The molecule has 5 nitrogen and oxygen atoms in total. The van der Waals surface area contributed by atoms with Crippen LogP contribution in [0.4, 0.5) is 5.69 Å². The highest BCUT2D eigenvalue weighted by Crippen LogP contribution is 2.29. The van der Waals surface area contributed by atoms with Crippen LogP contribution in [0, 0.1) is 0 Å². The molecule has 28 heavy (non-hydrogen) atoms. The van der Waals surface area contributed by atoms with Gasteiger partial charge < -0.3 is 9.88 Å². The summed E-state index contributed by atoms with van der Waals surface area (Å²) in [6, 6.07) is 17.9. The van der Waals surface area contributed by atoms with Crippen molar-refractivity contribution in [2.45, 2.75) is 43.5 Å². The maximum Gasteiger partial charge on any atom is 0.237 e. The number of carbonyl (C=O) groups is 1. The summed E-state index contributed by atoms with van der Waals surface area (Å²) in [5.41, 5.74) is 3.06. The molecule has 0 aliphatic carbocycles. The van der Waals surface area contributed by atoms with E-state index in [-0.39, 0.29) is 11.2 Å². The first-order chi connectivity index (χ1) is 13.5. The van der Waals surface area contributed by atoms with Crippen LogP contribution in [0.3, 0.4) is 0 Å². The SMILES string of the molecule is CCC(C)c1ccccc1NC(=O)C(C)Sc1nnc(-c2ccccc2)n1C. The molecule has 0 bridgehead atoms. The number of thioether (sulfide) groups is 1. The largest absolute Gasteiger partial charge is 0.325 e. The van der Waals surface area contributed by atoms with Crippen LogP contribution in [0.15, 0.2) is 59.8 Å². The van der Waals surface area contributed by atoms with Crippen LogP contribution < -0.4 is 5.32 Å². The second kappa shape index (κ2) is 9.06. The number of rotatable bonds is 7. The van der Waals surface area contributed by atoms with Crippen molar-refractivity contribution in [3.05, 3.63) is 60.2 Å². The van der Waals surface area contributed by atoms with E-state index in [1.54, 1.807) is 0 Å². The number of aromatic nitrogens is 3. The van der Waals surface area contributed by atoms with Crippen LogP contribution in [-0.4, -0.2) is 25.9 Å². The van der Waals surface area contributed by atoms with Gasteiger partial charge in [0, 0.05) is 18.3 Å². The van der Waals surface area contributed by atoms with Crippen molar-refractivity contribution >= 4 is 23.4 Å². The summed E-state index contributed by atoms with van der Waals surface area (Å²) in [5, 5.41) is 12.1. The molecule has 1 heterocycles. The smallest absolute Gasteiger partial charge is 0.237 e. The third-order valence-electron chi connectivity index (χ3n) is 4.88. The quantitative estimate of drug-likeness (QED) is 0.565. The lowest BCUT2D eigenvalue weighted by molar-refractivity contribution is -0.115. The van der Waals surface area contributed by atoms with Crippen molar-refractivity contribution in [2.24, 2.45) is 7.05 Å². The van der Waals surface area contributed by atoms with Gasteiger partial charge in [0.05, 0.1) is 5.25 Å². The molecule has 0 aliphatic heterocycles.